The number of anilines is 1. The van der Waals surface area contributed by atoms with Crippen LogP contribution in [0.25, 0.3) is 0 Å². The summed E-state index contributed by atoms with van der Waals surface area (Å²) in [5, 5.41) is 6.36. The van der Waals surface area contributed by atoms with Gasteiger partial charge in [-0.25, -0.2) is 18.6 Å². The van der Waals surface area contributed by atoms with Crippen molar-refractivity contribution in [1.82, 2.24) is 5.32 Å². The van der Waals surface area contributed by atoms with Gasteiger partial charge in [-0.2, -0.15) is 8.42 Å². The Morgan fingerprint density at radius 3 is 2.68 bits per heavy atom. The Morgan fingerprint density at radius 2 is 2.00 bits per heavy atom. The highest BCUT2D eigenvalue weighted by Gasteiger charge is 2.18. The minimum Gasteiger partial charge on any atom is -0.407 e. The fraction of sp³-hybridized carbons (Fsp3) is 0.111. The van der Waals surface area contributed by atoms with E-state index < -0.39 is 48.2 Å². The molecule has 2 aromatic carbocycles. The molecule has 0 aliphatic carbocycles. The van der Waals surface area contributed by atoms with Gasteiger partial charge in [0.05, 0.1) is 22.3 Å². The van der Waals surface area contributed by atoms with Crippen molar-refractivity contribution in [3.63, 3.8) is 0 Å². The first-order valence-corrected chi connectivity index (χ1v) is 12.5. The SMILES string of the molecule is CC(Nc1cc(F)c(OC(=O)NC2=CS(=S(=O)=O)C=N2)cc1Cl)c1cc(Br)ccc1F. The van der Waals surface area contributed by atoms with E-state index in [0.717, 1.165) is 17.7 Å². The fourth-order valence-electron chi connectivity index (χ4n) is 2.52. The Balaban J connectivity index is 1.72. The monoisotopic (exact) mass is 551 g/mol. The lowest BCUT2D eigenvalue weighted by atomic mass is 10.1. The van der Waals surface area contributed by atoms with Gasteiger partial charge in [-0.1, -0.05) is 27.5 Å². The lowest BCUT2D eigenvalue weighted by Crippen LogP contribution is -2.25. The smallest absolute Gasteiger partial charge is 0.407 e. The Bertz CT molecular complexity index is 1260. The van der Waals surface area contributed by atoms with Gasteiger partial charge in [-0.05, 0) is 25.1 Å². The zero-order valence-electron chi connectivity index (χ0n) is 15.5. The summed E-state index contributed by atoms with van der Waals surface area (Å²) in [6.07, 6.45) is -1.08. The second-order valence-electron chi connectivity index (χ2n) is 6.08. The van der Waals surface area contributed by atoms with Crippen LogP contribution in [0.3, 0.4) is 0 Å². The maximum atomic E-state index is 14.5. The van der Waals surface area contributed by atoms with Gasteiger partial charge in [0.1, 0.15) is 11.6 Å². The van der Waals surface area contributed by atoms with Gasteiger partial charge in [0.2, 0.25) is 9.26 Å². The molecule has 1 amide bonds. The summed E-state index contributed by atoms with van der Waals surface area (Å²) in [5.41, 5.74) is 1.66. The number of halogens is 4. The molecule has 3 rings (SSSR count). The van der Waals surface area contributed by atoms with Crippen molar-refractivity contribution >= 4 is 63.6 Å². The van der Waals surface area contributed by atoms with Crippen LogP contribution in [0, 0.1) is 11.6 Å². The lowest BCUT2D eigenvalue weighted by Gasteiger charge is -2.18. The zero-order chi connectivity index (χ0) is 22.7. The van der Waals surface area contributed by atoms with Gasteiger partial charge in [0, 0.05) is 37.0 Å². The van der Waals surface area contributed by atoms with Crippen LogP contribution in [0.2, 0.25) is 5.02 Å². The predicted octanol–water partition coefficient (Wildman–Crippen LogP) is 4.90. The molecule has 0 bridgehead atoms. The quantitative estimate of drug-likeness (QED) is 0.550. The molecule has 1 heterocycles. The molecular formula is C18H13BrClF2N3O4S2. The minimum atomic E-state index is -2.40. The van der Waals surface area contributed by atoms with Gasteiger partial charge >= 0.3 is 6.09 Å². The highest BCUT2D eigenvalue weighted by Crippen LogP contribution is 2.33. The summed E-state index contributed by atoms with van der Waals surface area (Å²) in [4.78, 5) is 15.7. The minimum absolute atomic E-state index is 0.0350. The molecule has 0 fully saturated rings. The Labute approximate surface area is 192 Å². The van der Waals surface area contributed by atoms with Crippen LogP contribution < -0.4 is 15.4 Å². The summed E-state index contributed by atoms with van der Waals surface area (Å²) < 4.78 is 55.9. The standard InChI is InChI=1S/C18H13BrClF2N3O4S2/c1-9(11-4-10(19)2-3-13(11)21)24-15-6-14(22)16(5-12(15)20)29-18(26)25-17-7-30(8-23-17)31(27)28/h2-9,24H,1H3,(H,25,26). The molecule has 31 heavy (non-hydrogen) atoms. The first-order chi connectivity index (χ1) is 14.6. The molecule has 2 atom stereocenters. The van der Waals surface area contributed by atoms with Crippen LogP contribution in [0.1, 0.15) is 18.5 Å². The molecule has 1 aliphatic rings. The van der Waals surface area contributed by atoms with Gasteiger partial charge in [0.25, 0.3) is 0 Å². The normalized spacial score (nSPS) is 15.9. The molecule has 0 saturated carbocycles. The number of amides is 1. The molecule has 1 aliphatic heterocycles. The third kappa shape index (κ3) is 5.91. The molecule has 13 heteroatoms. The number of rotatable bonds is 5. The van der Waals surface area contributed by atoms with E-state index in [1.165, 1.54) is 11.5 Å². The lowest BCUT2D eigenvalue weighted by molar-refractivity contribution is 0.201. The number of hydrogen-bond acceptors (Lipinski definition) is 6. The van der Waals surface area contributed by atoms with Crippen LogP contribution >= 0.6 is 27.5 Å². The highest BCUT2D eigenvalue weighted by molar-refractivity contribution is 9.10. The highest BCUT2D eigenvalue weighted by atomic mass is 79.9. The summed E-state index contributed by atoms with van der Waals surface area (Å²) >= 11 is 9.44. The molecule has 0 saturated heterocycles. The molecule has 2 aromatic rings. The molecule has 0 radical (unpaired) electrons. The van der Waals surface area contributed by atoms with Crippen molar-refractivity contribution in [3.8, 4) is 5.75 Å². The van der Waals surface area contributed by atoms with E-state index in [2.05, 4.69) is 31.6 Å². The van der Waals surface area contributed by atoms with Crippen molar-refractivity contribution in [2.24, 2.45) is 4.99 Å². The van der Waals surface area contributed by atoms with Crippen LogP contribution in [-0.2, 0) is 18.7 Å². The summed E-state index contributed by atoms with van der Waals surface area (Å²) in [6.45, 7) is 1.68. The maximum Gasteiger partial charge on any atom is 0.418 e. The van der Waals surface area contributed by atoms with Gasteiger partial charge < -0.3 is 10.1 Å². The number of benzene rings is 2. The van der Waals surface area contributed by atoms with Crippen LogP contribution in [0.4, 0.5) is 19.3 Å². The molecule has 2 unspecified atom stereocenters. The van der Waals surface area contributed by atoms with E-state index in [0.29, 0.717) is 10.0 Å². The fourth-order valence-corrected chi connectivity index (χ4v) is 4.72. The maximum absolute atomic E-state index is 14.5. The molecular weight excluding hydrogens is 540 g/mol. The van der Waals surface area contributed by atoms with E-state index in [4.69, 9.17) is 16.3 Å². The third-order valence-electron chi connectivity index (χ3n) is 3.93. The Morgan fingerprint density at radius 1 is 1.26 bits per heavy atom. The van der Waals surface area contributed by atoms with Crippen molar-refractivity contribution in [2.75, 3.05) is 5.32 Å². The average molecular weight is 553 g/mol. The van der Waals surface area contributed by atoms with Crippen molar-refractivity contribution in [2.45, 2.75) is 13.0 Å². The van der Waals surface area contributed by atoms with Gasteiger partial charge in [0.15, 0.2) is 11.6 Å². The molecule has 2 N–H and O–H groups in total. The Kier molecular flexibility index (Phi) is 7.46. The second-order valence-corrected chi connectivity index (χ2v) is 10.9. The first-order valence-electron chi connectivity index (χ1n) is 8.41. The Hall–Kier alpha value is -2.28. The number of hydrogen-bond donors (Lipinski definition) is 2. The second kappa shape index (κ2) is 9.90. The van der Waals surface area contributed by atoms with E-state index in [9.17, 15) is 22.0 Å². The number of carbonyl (C=O) groups is 1. The number of nitrogens with one attached hydrogen (secondary N) is 2. The summed E-state index contributed by atoms with van der Waals surface area (Å²) in [7, 11) is -3.64. The largest absolute Gasteiger partial charge is 0.418 e. The predicted molar refractivity (Wildman–Crippen MR) is 120 cm³/mol. The topological polar surface area (TPSA) is 96.9 Å². The molecule has 7 nitrogen and oxygen atoms in total. The zero-order valence-corrected chi connectivity index (χ0v) is 19.5. The summed E-state index contributed by atoms with van der Waals surface area (Å²) in [5.74, 6) is -1.83. The number of aliphatic imine (C=N–C) groups is 1. The summed E-state index contributed by atoms with van der Waals surface area (Å²) in [6, 6.07) is 6.01. The van der Waals surface area contributed by atoms with E-state index in [-0.39, 0.29) is 16.5 Å². The van der Waals surface area contributed by atoms with Crippen LogP contribution in [0.5, 0.6) is 5.75 Å². The van der Waals surface area contributed by atoms with E-state index in [1.807, 2.05) is 0 Å². The average Bonchev–Trinajstić information content (AvgIpc) is 3.16. The molecule has 0 spiro atoms. The van der Waals surface area contributed by atoms with Crippen molar-refractivity contribution in [3.05, 3.63) is 68.3 Å². The number of ether oxygens (including phenoxy) is 1. The van der Waals surface area contributed by atoms with Gasteiger partial charge in [-0.15, -0.1) is 0 Å². The number of carbonyl (C=O) groups excluding carboxylic acids is 1. The van der Waals surface area contributed by atoms with E-state index >= 15 is 0 Å². The van der Waals surface area contributed by atoms with Crippen molar-refractivity contribution in [1.29, 1.82) is 0 Å². The van der Waals surface area contributed by atoms with Crippen molar-refractivity contribution < 1.29 is 26.7 Å². The molecule has 164 valence electrons. The van der Waals surface area contributed by atoms with Gasteiger partial charge in [-0.3, -0.25) is 5.32 Å². The number of nitrogens with zero attached hydrogens (tertiary/aromatic N) is 1. The molecule has 0 aromatic heterocycles. The van der Waals surface area contributed by atoms with Crippen LogP contribution in [0.15, 0.2) is 51.0 Å². The third-order valence-corrected chi connectivity index (χ3v) is 7.31. The van der Waals surface area contributed by atoms with Crippen LogP contribution in [-0.4, -0.2) is 20.1 Å². The van der Waals surface area contributed by atoms with E-state index in [1.54, 1.807) is 19.1 Å². The first kappa shape index (κ1) is 23.4.